The van der Waals surface area contributed by atoms with Crippen LogP contribution in [0.25, 0.3) is 10.9 Å². The second-order valence-corrected chi connectivity index (χ2v) is 11.4. The maximum Gasteiger partial charge on any atom is 0.314 e. The standard InChI is InChI=1S/C36H46N4O5/c1-26-23-40(18-17-39-36(41)37-2)33-21-27(9-14-31(26)33)24-45-35-22-38-16-15-32(35)28-10-12-30(13-11-28)44-20-6-19-43-25-29-7-4-5-8-34(29)42-3/h4-5,7-14,21,23,32,35,38H,6,15-20,22,24-25H2,1-3H3,(H2,37,39,41). The molecule has 3 N–H and O–H groups in total. The summed E-state index contributed by atoms with van der Waals surface area (Å²) in [7, 11) is 3.30. The highest BCUT2D eigenvalue weighted by Crippen LogP contribution is 2.30. The van der Waals surface area contributed by atoms with Gasteiger partial charge in [0.2, 0.25) is 0 Å². The predicted octanol–water partition coefficient (Wildman–Crippen LogP) is 5.54. The molecule has 1 aliphatic heterocycles. The van der Waals surface area contributed by atoms with E-state index >= 15 is 0 Å². The highest BCUT2D eigenvalue weighted by molar-refractivity contribution is 5.84. The van der Waals surface area contributed by atoms with Gasteiger partial charge in [-0.05, 0) is 60.8 Å². The number of urea groups is 1. The van der Waals surface area contributed by atoms with Gasteiger partial charge in [0.1, 0.15) is 11.5 Å². The molecule has 5 rings (SSSR count). The fourth-order valence-corrected chi connectivity index (χ4v) is 5.93. The van der Waals surface area contributed by atoms with Gasteiger partial charge in [-0.3, -0.25) is 0 Å². The molecular formula is C36H46N4O5. The van der Waals surface area contributed by atoms with Crippen molar-refractivity contribution in [3.63, 3.8) is 0 Å². The second kappa shape index (κ2) is 16.3. The molecule has 1 saturated heterocycles. The van der Waals surface area contributed by atoms with E-state index in [0.29, 0.717) is 45.4 Å². The van der Waals surface area contributed by atoms with Crippen molar-refractivity contribution in [2.75, 3.05) is 47.0 Å². The molecule has 2 atom stereocenters. The summed E-state index contributed by atoms with van der Waals surface area (Å²) >= 11 is 0. The van der Waals surface area contributed by atoms with E-state index in [4.69, 9.17) is 18.9 Å². The average molecular weight is 615 g/mol. The highest BCUT2D eigenvalue weighted by atomic mass is 16.5. The number of para-hydroxylation sites is 1. The number of fused-ring (bicyclic) bond motifs is 1. The first kappa shape index (κ1) is 32.3. The van der Waals surface area contributed by atoms with E-state index < -0.39 is 0 Å². The molecule has 4 aromatic rings. The summed E-state index contributed by atoms with van der Waals surface area (Å²) in [5.41, 5.74) is 5.84. The molecule has 3 aromatic carbocycles. The molecule has 1 fully saturated rings. The predicted molar refractivity (Wildman–Crippen MR) is 177 cm³/mol. The summed E-state index contributed by atoms with van der Waals surface area (Å²) in [5, 5.41) is 10.2. The molecular weight excluding hydrogens is 568 g/mol. The van der Waals surface area contributed by atoms with Crippen LogP contribution in [0.2, 0.25) is 0 Å². The lowest BCUT2D eigenvalue weighted by atomic mass is 9.87. The number of carbonyl (C=O) groups is 1. The lowest BCUT2D eigenvalue weighted by Crippen LogP contribution is -2.40. The Balaban J connectivity index is 1.10. The first-order valence-electron chi connectivity index (χ1n) is 15.8. The maximum absolute atomic E-state index is 11.6. The number of carbonyl (C=O) groups excluding carboxylic acids is 1. The number of rotatable bonds is 15. The molecule has 0 aliphatic carbocycles. The summed E-state index contributed by atoms with van der Waals surface area (Å²) in [6.07, 6.45) is 4.05. The minimum atomic E-state index is -0.169. The van der Waals surface area contributed by atoms with Gasteiger partial charge in [-0.2, -0.15) is 0 Å². The Bertz CT molecular complexity index is 1520. The fraction of sp³-hybridized carbons (Fsp3) is 0.417. The number of nitrogens with zero attached hydrogens (tertiary/aromatic N) is 1. The van der Waals surface area contributed by atoms with Gasteiger partial charge in [0.05, 0.1) is 39.6 Å². The number of amides is 2. The molecule has 0 saturated carbocycles. The number of hydrogen-bond donors (Lipinski definition) is 3. The van der Waals surface area contributed by atoms with E-state index in [1.165, 1.54) is 16.5 Å². The van der Waals surface area contributed by atoms with Crippen molar-refractivity contribution in [2.24, 2.45) is 0 Å². The zero-order valence-electron chi connectivity index (χ0n) is 26.6. The van der Waals surface area contributed by atoms with Crippen LogP contribution in [0.3, 0.4) is 0 Å². The van der Waals surface area contributed by atoms with Crippen LogP contribution in [0, 0.1) is 6.92 Å². The third kappa shape index (κ3) is 8.78. The van der Waals surface area contributed by atoms with E-state index in [9.17, 15) is 4.79 Å². The van der Waals surface area contributed by atoms with Crippen LogP contribution in [0.4, 0.5) is 4.79 Å². The van der Waals surface area contributed by atoms with Gasteiger partial charge < -0.3 is 39.5 Å². The van der Waals surface area contributed by atoms with E-state index in [0.717, 1.165) is 54.1 Å². The first-order valence-corrected chi connectivity index (χ1v) is 15.8. The Morgan fingerprint density at radius 1 is 1.04 bits per heavy atom. The third-order valence-corrected chi connectivity index (χ3v) is 8.36. The van der Waals surface area contributed by atoms with Crippen LogP contribution in [0.15, 0.2) is 72.9 Å². The van der Waals surface area contributed by atoms with E-state index in [-0.39, 0.29) is 12.1 Å². The van der Waals surface area contributed by atoms with Crippen LogP contribution < -0.4 is 25.4 Å². The van der Waals surface area contributed by atoms with Crippen molar-refractivity contribution in [3.8, 4) is 11.5 Å². The Hall–Kier alpha value is -4.05. The molecule has 240 valence electrons. The van der Waals surface area contributed by atoms with Crippen molar-refractivity contribution in [1.29, 1.82) is 0 Å². The average Bonchev–Trinajstić information content (AvgIpc) is 3.39. The number of aryl methyl sites for hydroxylation is 1. The molecule has 9 heteroatoms. The molecule has 0 radical (unpaired) electrons. The van der Waals surface area contributed by atoms with E-state index in [1.54, 1.807) is 14.2 Å². The van der Waals surface area contributed by atoms with Crippen molar-refractivity contribution in [3.05, 3.63) is 95.2 Å². The van der Waals surface area contributed by atoms with Crippen molar-refractivity contribution < 1.29 is 23.7 Å². The zero-order chi connectivity index (χ0) is 31.4. The van der Waals surface area contributed by atoms with Gasteiger partial charge in [0.25, 0.3) is 0 Å². The normalized spacial score (nSPS) is 16.4. The smallest absolute Gasteiger partial charge is 0.314 e. The van der Waals surface area contributed by atoms with Gasteiger partial charge in [-0.1, -0.05) is 42.5 Å². The summed E-state index contributed by atoms with van der Waals surface area (Å²) in [4.78, 5) is 11.6. The number of aromatic nitrogens is 1. The number of hydrogen-bond acceptors (Lipinski definition) is 6. The van der Waals surface area contributed by atoms with Gasteiger partial charge >= 0.3 is 6.03 Å². The SMILES string of the molecule is CNC(=O)NCCn1cc(C)c2ccc(COC3CNCCC3c3ccc(OCCCOCc4ccccc4OC)cc3)cc21. The molecule has 2 heterocycles. The monoisotopic (exact) mass is 614 g/mol. The van der Waals surface area contributed by atoms with Gasteiger partial charge in [-0.25, -0.2) is 4.79 Å². The second-order valence-electron chi connectivity index (χ2n) is 11.4. The molecule has 2 amide bonds. The number of nitrogens with one attached hydrogen (secondary N) is 3. The van der Waals surface area contributed by atoms with Crippen molar-refractivity contribution in [1.82, 2.24) is 20.5 Å². The van der Waals surface area contributed by atoms with Gasteiger partial charge in [-0.15, -0.1) is 0 Å². The molecule has 0 bridgehead atoms. The molecule has 0 spiro atoms. The number of ether oxygens (including phenoxy) is 4. The minimum Gasteiger partial charge on any atom is -0.496 e. The molecule has 1 aromatic heterocycles. The van der Waals surface area contributed by atoms with Crippen molar-refractivity contribution in [2.45, 2.75) is 51.5 Å². The van der Waals surface area contributed by atoms with Gasteiger partial charge in [0.15, 0.2) is 0 Å². The fourth-order valence-electron chi connectivity index (χ4n) is 5.93. The Labute approximate surface area is 266 Å². The van der Waals surface area contributed by atoms with Crippen molar-refractivity contribution >= 4 is 16.9 Å². The zero-order valence-corrected chi connectivity index (χ0v) is 26.6. The minimum absolute atomic E-state index is 0.0758. The summed E-state index contributed by atoms with van der Waals surface area (Å²) in [6.45, 7) is 7.46. The van der Waals surface area contributed by atoms with Crippen LogP contribution in [-0.4, -0.2) is 63.7 Å². The Morgan fingerprint density at radius 2 is 1.89 bits per heavy atom. The summed E-state index contributed by atoms with van der Waals surface area (Å²) in [5.74, 6) is 2.03. The third-order valence-electron chi connectivity index (χ3n) is 8.36. The largest absolute Gasteiger partial charge is 0.496 e. The number of piperidine rings is 1. The van der Waals surface area contributed by atoms with Crippen LogP contribution in [-0.2, 0) is 29.2 Å². The Kier molecular flexibility index (Phi) is 11.7. The molecule has 45 heavy (non-hydrogen) atoms. The first-order chi connectivity index (χ1) is 22.1. The van der Waals surface area contributed by atoms with Gasteiger partial charge in [0, 0.05) is 61.7 Å². The molecule has 9 nitrogen and oxygen atoms in total. The Morgan fingerprint density at radius 3 is 2.71 bits per heavy atom. The summed E-state index contributed by atoms with van der Waals surface area (Å²) < 4.78 is 26.0. The number of benzene rings is 3. The van der Waals surface area contributed by atoms with E-state index in [1.807, 2.05) is 24.3 Å². The molecule has 2 unspecified atom stereocenters. The molecule has 1 aliphatic rings. The highest BCUT2D eigenvalue weighted by Gasteiger charge is 2.27. The summed E-state index contributed by atoms with van der Waals surface area (Å²) in [6, 6.07) is 22.8. The van der Waals surface area contributed by atoms with Crippen LogP contribution in [0.1, 0.15) is 41.0 Å². The lowest BCUT2D eigenvalue weighted by molar-refractivity contribution is 0.0106. The van der Waals surface area contributed by atoms with Crippen LogP contribution >= 0.6 is 0 Å². The lowest BCUT2D eigenvalue weighted by Gasteiger charge is -2.32. The van der Waals surface area contributed by atoms with E-state index in [2.05, 4.69) is 76.1 Å². The topological polar surface area (TPSA) is 95.0 Å². The quantitative estimate of drug-likeness (QED) is 0.152. The van der Waals surface area contributed by atoms with Crippen LogP contribution in [0.5, 0.6) is 11.5 Å². The number of methoxy groups -OCH3 is 1. The maximum atomic E-state index is 11.6.